The minimum atomic E-state index is -2.27. The van der Waals surface area contributed by atoms with Crippen LogP contribution in [0.15, 0.2) is 70.9 Å². The van der Waals surface area contributed by atoms with E-state index in [4.69, 9.17) is 0 Å². The number of halogens is 5. The van der Waals surface area contributed by atoms with Gasteiger partial charge in [-0.25, -0.2) is 22.0 Å². The Balaban J connectivity index is 2.06. The molecule has 3 nitrogen and oxygen atoms in total. The Morgan fingerprint density at radius 3 is 1.62 bits per heavy atom. The van der Waals surface area contributed by atoms with Crippen molar-refractivity contribution >= 4 is 17.7 Å². The Hall–Kier alpha value is -3.68. The summed E-state index contributed by atoms with van der Waals surface area (Å²) in [6.45, 7) is 0. The number of hydrogen-bond acceptors (Lipinski definition) is 3. The van der Waals surface area contributed by atoms with Gasteiger partial charge in [0.15, 0.2) is 23.3 Å². The molecule has 8 heteroatoms. The zero-order chi connectivity index (χ0) is 21.0. The van der Waals surface area contributed by atoms with Crippen LogP contribution in [0.4, 0.5) is 22.0 Å². The van der Waals surface area contributed by atoms with Crippen molar-refractivity contribution in [2.75, 3.05) is 0 Å². The Morgan fingerprint density at radius 1 is 0.655 bits per heavy atom. The lowest BCUT2D eigenvalue weighted by molar-refractivity contribution is 0.106. The normalized spacial score (nSPS) is 11.8. The maximum atomic E-state index is 13.7. The molecule has 0 spiro atoms. The molecule has 0 saturated carbocycles. The van der Waals surface area contributed by atoms with Gasteiger partial charge in [-0.2, -0.15) is 5.10 Å². The van der Waals surface area contributed by atoms with Crippen LogP contribution in [0.25, 0.3) is 0 Å². The van der Waals surface area contributed by atoms with Gasteiger partial charge in [-0.05, 0) is 0 Å². The first-order valence-corrected chi connectivity index (χ1v) is 8.19. The number of carbonyl (C=O) groups excluding carboxylic acids is 1. The summed E-state index contributed by atoms with van der Waals surface area (Å²) in [5.41, 5.74) is -0.793. The van der Waals surface area contributed by atoms with Crippen LogP contribution in [-0.2, 0) is 0 Å². The molecule has 0 atom stereocenters. The van der Waals surface area contributed by atoms with Gasteiger partial charge < -0.3 is 0 Å². The molecule has 0 saturated heterocycles. The van der Waals surface area contributed by atoms with Crippen molar-refractivity contribution in [2.45, 2.75) is 0 Å². The molecule has 3 rings (SSSR count). The van der Waals surface area contributed by atoms with Crippen LogP contribution in [0.2, 0.25) is 0 Å². The van der Waals surface area contributed by atoms with Crippen molar-refractivity contribution in [1.82, 2.24) is 0 Å². The molecule has 146 valence electrons. The molecule has 0 fully saturated rings. The molecule has 0 radical (unpaired) electrons. The zero-order valence-corrected chi connectivity index (χ0v) is 14.5. The Bertz CT molecular complexity index is 1080. The second-order valence-electron chi connectivity index (χ2n) is 5.74. The Kier molecular flexibility index (Phi) is 5.92. The molecule has 0 aliphatic rings. The van der Waals surface area contributed by atoms with Crippen LogP contribution in [-0.4, -0.2) is 17.7 Å². The van der Waals surface area contributed by atoms with Gasteiger partial charge in [0.1, 0.15) is 5.71 Å². The van der Waals surface area contributed by atoms with Crippen LogP contribution >= 0.6 is 0 Å². The van der Waals surface area contributed by atoms with Crippen molar-refractivity contribution < 1.29 is 26.7 Å². The molecule has 3 aromatic rings. The summed E-state index contributed by atoms with van der Waals surface area (Å²) in [6, 6.07) is 16.1. The van der Waals surface area contributed by atoms with Gasteiger partial charge in [0.05, 0.1) is 11.8 Å². The monoisotopic (exact) mass is 402 g/mol. The van der Waals surface area contributed by atoms with Crippen LogP contribution in [0.1, 0.15) is 21.5 Å². The van der Waals surface area contributed by atoms with E-state index in [1.165, 1.54) is 12.1 Å². The van der Waals surface area contributed by atoms with Crippen LogP contribution < -0.4 is 0 Å². The Labute approximate surface area is 161 Å². The fourth-order valence-corrected chi connectivity index (χ4v) is 2.44. The van der Waals surface area contributed by atoms with E-state index in [9.17, 15) is 26.7 Å². The first kappa shape index (κ1) is 20.1. The van der Waals surface area contributed by atoms with Gasteiger partial charge >= 0.3 is 0 Å². The first-order chi connectivity index (χ1) is 13.9. The van der Waals surface area contributed by atoms with E-state index in [-0.39, 0.29) is 11.3 Å². The molecule has 0 aliphatic heterocycles. The smallest absolute Gasteiger partial charge is 0.213 e. The number of benzene rings is 3. The summed E-state index contributed by atoms with van der Waals surface area (Å²) in [6.07, 6.45) is 0.373. The minimum absolute atomic E-state index is 0.170. The van der Waals surface area contributed by atoms with Gasteiger partial charge in [-0.1, -0.05) is 60.7 Å². The molecule has 0 heterocycles. The quantitative estimate of drug-likeness (QED) is 0.146. The molecule has 29 heavy (non-hydrogen) atoms. The van der Waals surface area contributed by atoms with Crippen LogP contribution in [0, 0.1) is 29.1 Å². The summed E-state index contributed by atoms with van der Waals surface area (Å²) in [5.74, 6) is -11.1. The molecule has 0 unspecified atom stereocenters. The fourth-order valence-electron chi connectivity index (χ4n) is 2.44. The van der Waals surface area contributed by atoms with Gasteiger partial charge in [-0.3, -0.25) is 4.79 Å². The van der Waals surface area contributed by atoms with Crippen molar-refractivity contribution in [3.63, 3.8) is 0 Å². The molecular formula is C21H11F5N2O. The highest BCUT2D eigenvalue weighted by atomic mass is 19.2. The number of hydrogen-bond donors (Lipinski definition) is 0. The largest absolute Gasteiger partial charge is 0.287 e. The highest BCUT2D eigenvalue weighted by molar-refractivity contribution is 6.51. The van der Waals surface area contributed by atoms with Crippen molar-refractivity contribution in [2.24, 2.45) is 10.2 Å². The van der Waals surface area contributed by atoms with E-state index >= 15 is 0 Å². The number of nitrogens with zero attached hydrogens (tertiary/aromatic N) is 2. The average molecular weight is 402 g/mol. The standard InChI is InChI=1S/C21H11F5N2O/c22-15-14(16(23)18(25)19(26)17(15)24)11-27-28-20(12-7-3-1-4-8-12)21(29)13-9-5-2-6-10-13/h1-11H/b27-11+,28-20+. The third-order valence-corrected chi connectivity index (χ3v) is 3.89. The number of carbonyl (C=O) groups is 1. The number of ketones is 1. The van der Waals surface area contributed by atoms with E-state index in [1.807, 2.05) is 0 Å². The SMILES string of the molecule is O=C(/C(=N/N=C/c1c(F)c(F)c(F)c(F)c1F)c1ccccc1)c1ccccc1. The summed E-state index contributed by atoms with van der Waals surface area (Å²) in [4.78, 5) is 12.8. The van der Waals surface area contributed by atoms with E-state index in [1.54, 1.807) is 48.5 Å². The second-order valence-corrected chi connectivity index (χ2v) is 5.74. The van der Waals surface area contributed by atoms with Crippen LogP contribution in [0.3, 0.4) is 0 Å². The van der Waals surface area contributed by atoms with Gasteiger partial charge in [0.25, 0.3) is 0 Å². The van der Waals surface area contributed by atoms with Gasteiger partial charge in [0.2, 0.25) is 11.6 Å². The van der Waals surface area contributed by atoms with Crippen LogP contribution in [0.5, 0.6) is 0 Å². The summed E-state index contributed by atoms with van der Waals surface area (Å²) < 4.78 is 67.2. The lowest BCUT2D eigenvalue weighted by Gasteiger charge is -2.05. The maximum absolute atomic E-state index is 13.7. The highest BCUT2D eigenvalue weighted by Crippen LogP contribution is 2.21. The molecule has 0 amide bonds. The molecule has 3 aromatic carbocycles. The average Bonchev–Trinajstić information content (AvgIpc) is 2.76. The van der Waals surface area contributed by atoms with E-state index in [2.05, 4.69) is 10.2 Å². The predicted molar refractivity (Wildman–Crippen MR) is 97.6 cm³/mol. The van der Waals surface area contributed by atoms with E-state index < -0.39 is 40.4 Å². The topological polar surface area (TPSA) is 41.8 Å². The molecule has 0 bridgehead atoms. The molecule has 0 aliphatic carbocycles. The Morgan fingerprint density at radius 2 is 1.10 bits per heavy atom. The number of Topliss-reactive ketones (excluding diaryl/α,β-unsaturated/α-hetero) is 1. The first-order valence-electron chi connectivity index (χ1n) is 8.19. The van der Waals surface area contributed by atoms with Crippen molar-refractivity contribution in [3.8, 4) is 0 Å². The van der Waals surface area contributed by atoms with Crippen molar-refractivity contribution in [3.05, 3.63) is 106 Å². The van der Waals surface area contributed by atoms with E-state index in [0.717, 1.165) is 0 Å². The van der Waals surface area contributed by atoms with Gasteiger partial charge in [0, 0.05) is 11.1 Å². The maximum Gasteiger partial charge on any atom is 0.213 e. The van der Waals surface area contributed by atoms with E-state index in [0.29, 0.717) is 11.8 Å². The lowest BCUT2D eigenvalue weighted by atomic mass is 10.0. The third-order valence-electron chi connectivity index (χ3n) is 3.89. The van der Waals surface area contributed by atoms with Gasteiger partial charge in [-0.15, -0.1) is 5.10 Å². The van der Waals surface area contributed by atoms with Crippen molar-refractivity contribution in [1.29, 1.82) is 0 Å². The second kappa shape index (κ2) is 8.55. The minimum Gasteiger partial charge on any atom is -0.287 e. The number of rotatable bonds is 5. The highest BCUT2D eigenvalue weighted by Gasteiger charge is 2.24. The molecular weight excluding hydrogens is 391 g/mol. The summed E-state index contributed by atoms with van der Waals surface area (Å²) in [7, 11) is 0. The summed E-state index contributed by atoms with van der Waals surface area (Å²) in [5, 5.41) is 7.10. The predicted octanol–water partition coefficient (Wildman–Crippen LogP) is 5.09. The fraction of sp³-hybridized carbons (Fsp3) is 0. The zero-order valence-electron chi connectivity index (χ0n) is 14.5. The summed E-state index contributed by atoms with van der Waals surface area (Å²) >= 11 is 0. The molecule has 0 N–H and O–H groups in total. The lowest BCUT2D eigenvalue weighted by Crippen LogP contribution is -2.15. The third kappa shape index (κ3) is 4.11. The molecule has 0 aromatic heterocycles.